The van der Waals surface area contributed by atoms with E-state index in [-0.39, 0.29) is 5.91 Å². The summed E-state index contributed by atoms with van der Waals surface area (Å²) in [7, 11) is 0. The molecule has 1 N–H and O–H groups in total. The molecule has 1 heterocycles. The van der Waals surface area contributed by atoms with Crippen LogP contribution in [0.5, 0.6) is 0 Å². The average molecular weight is 496 g/mol. The van der Waals surface area contributed by atoms with Crippen LogP contribution in [0, 0.1) is 5.41 Å². The molecule has 3 rings (SSSR count). The highest BCUT2D eigenvalue weighted by atomic mass is 32.2. The fourth-order valence-corrected chi connectivity index (χ4v) is 5.28. The van der Waals surface area contributed by atoms with E-state index in [2.05, 4.69) is 6.92 Å². The van der Waals surface area contributed by atoms with E-state index in [9.17, 15) is 14.7 Å². The molecule has 0 aliphatic rings. The third-order valence-corrected chi connectivity index (χ3v) is 7.04. The first-order valence-electron chi connectivity index (χ1n) is 12.4. The summed E-state index contributed by atoms with van der Waals surface area (Å²) in [6, 6.07) is 16.8. The Hall–Kier alpha value is -2.80. The summed E-state index contributed by atoms with van der Waals surface area (Å²) in [5, 5.41) is 10.8. The van der Waals surface area contributed by atoms with E-state index < -0.39 is 17.4 Å². The van der Waals surface area contributed by atoms with Crippen molar-refractivity contribution in [2.24, 2.45) is 5.41 Å². The zero-order valence-electron chi connectivity index (χ0n) is 21.2. The monoisotopic (exact) mass is 495 g/mol. The SMILES string of the molecule is CCCCN(C(=O)CCCCSc1nc2ccccc2n1C(C(=O)O)C(C)(C)C)c1ccccc1. The summed E-state index contributed by atoms with van der Waals surface area (Å²) in [6.07, 6.45) is 4.15. The van der Waals surface area contributed by atoms with Crippen LogP contribution in [0.4, 0.5) is 5.69 Å². The summed E-state index contributed by atoms with van der Waals surface area (Å²) < 4.78 is 1.87. The minimum Gasteiger partial charge on any atom is -0.480 e. The van der Waals surface area contributed by atoms with Gasteiger partial charge in [0, 0.05) is 24.4 Å². The molecule has 0 bridgehead atoms. The van der Waals surface area contributed by atoms with Gasteiger partial charge in [-0.3, -0.25) is 4.79 Å². The van der Waals surface area contributed by atoms with Crippen molar-refractivity contribution in [3.05, 3.63) is 54.6 Å². The number of unbranched alkanes of at least 4 members (excludes halogenated alkanes) is 2. The Labute approximate surface area is 212 Å². The Bertz CT molecular complexity index is 1120. The van der Waals surface area contributed by atoms with Gasteiger partial charge in [-0.05, 0) is 48.9 Å². The number of anilines is 1. The topological polar surface area (TPSA) is 75.4 Å². The maximum Gasteiger partial charge on any atom is 0.327 e. The number of benzene rings is 2. The number of hydrogen-bond donors (Lipinski definition) is 1. The van der Waals surface area contributed by atoms with Gasteiger partial charge in [-0.1, -0.05) is 76.2 Å². The van der Waals surface area contributed by atoms with Gasteiger partial charge in [0.25, 0.3) is 0 Å². The van der Waals surface area contributed by atoms with Crippen molar-refractivity contribution in [3.8, 4) is 0 Å². The van der Waals surface area contributed by atoms with Gasteiger partial charge in [-0.15, -0.1) is 0 Å². The predicted octanol–water partition coefficient (Wildman–Crippen LogP) is 6.80. The van der Waals surface area contributed by atoms with Crippen LogP contribution in [-0.4, -0.2) is 38.8 Å². The number of imidazole rings is 1. The molecule has 0 radical (unpaired) electrons. The van der Waals surface area contributed by atoms with Crippen molar-refractivity contribution in [2.75, 3.05) is 17.2 Å². The van der Waals surface area contributed by atoms with E-state index in [1.54, 1.807) is 11.8 Å². The van der Waals surface area contributed by atoms with Gasteiger partial charge in [0.1, 0.15) is 6.04 Å². The molecule has 0 saturated carbocycles. The average Bonchev–Trinajstić information content (AvgIpc) is 3.16. The Morgan fingerprint density at radius 3 is 2.37 bits per heavy atom. The van der Waals surface area contributed by atoms with Crippen molar-refractivity contribution in [3.63, 3.8) is 0 Å². The molecule has 1 unspecified atom stereocenters. The number of carboxylic acids is 1. The number of carbonyl (C=O) groups is 2. The largest absolute Gasteiger partial charge is 0.480 e. The molecule has 35 heavy (non-hydrogen) atoms. The highest BCUT2D eigenvalue weighted by molar-refractivity contribution is 7.99. The van der Waals surface area contributed by atoms with Crippen LogP contribution in [0.15, 0.2) is 59.8 Å². The number of thioether (sulfide) groups is 1. The number of para-hydroxylation sites is 3. The minimum absolute atomic E-state index is 0.153. The van der Waals surface area contributed by atoms with Crippen LogP contribution >= 0.6 is 11.8 Å². The van der Waals surface area contributed by atoms with Crippen LogP contribution < -0.4 is 4.90 Å². The molecule has 0 saturated heterocycles. The molecule has 6 nitrogen and oxygen atoms in total. The first kappa shape index (κ1) is 26.8. The van der Waals surface area contributed by atoms with Crippen LogP contribution in [0.1, 0.15) is 65.8 Å². The summed E-state index contributed by atoms with van der Waals surface area (Å²) >= 11 is 1.57. The van der Waals surface area contributed by atoms with Crippen LogP contribution in [-0.2, 0) is 9.59 Å². The molecule has 2 aromatic carbocycles. The van der Waals surface area contributed by atoms with Crippen molar-refractivity contribution in [2.45, 2.75) is 71.0 Å². The van der Waals surface area contributed by atoms with Crippen LogP contribution in [0.3, 0.4) is 0 Å². The number of amides is 1. The quantitative estimate of drug-likeness (QED) is 0.221. The van der Waals surface area contributed by atoms with E-state index in [0.717, 1.165) is 54.7 Å². The second-order valence-electron chi connectivity index (χ2n) is 9.90. The number of nitrogens with zero attached hydrogens (tertiary/aromatic N) is 3. The summed E-state index contributed by atoms with van der Waals surface area (Å²) in [4.78, 5) is 31.9. The van der Waals surface area contributed by atoms with Gasteiger partial charge in [0.15, 0.2) is 5.16 Å². The lowest BCUT2D eigenvalue weighted by atomic mass is 9.86. The number of rotatable bonds is 12. The number of hydrogen-bond acceptors (Lipinski definition) is 4. The van der Waals surface area contributed by atoms with Crippen molar-refractivity contribution in [1.82, 2.24) is 9.55 Å². The molecule has 1 atom stereocenters. The van der Waals surface area contributed by atoms with E-state index in [4.69, 9.17) is 4.98 Å². The van der Waals surface area contributed by atoms with Gasteiger partial charge in [0.2, 0.25) is 5.91 Å². The Morgan fingerprint density at radius 1 is 1.03 bits per heavy atom. The maximum absolute atomic E-state index is 13.0. The fraction of sp³-hybridized carbons (Fsp3) is 0.464. The molecule has 0 spiro atoms. The lowest BCUT2D eigenvalue weighted by Crippen LogP contribution is -2.32. The van der Waals surface area contributed by atoms with Crippen LogP contribution in [0.2, 0.25) is 0 Å². The number of carboxylic acid groups (broad SMARTS) is 1. The Balaban J connectivity index is 1.65. The van der Waals surface area contributed by atoms with E-state index in [0.29, 0.717) is 11.6 Å². The lowest BCUT2D eigenvalue weighted by molar-refractivity contribution is -0.144. The van der Waals surface area contributed by atoms with Gasteiger partial charge in [-0.25, -0.2) is 9.78 Å². The highest BCUT2D eigenvalue weighted by Crippen LogP contribution is 2.37. The Morgan fingerprint density at radius 2 is 1.71 bits per heavy atom. The first-order valence-corrected chi connectivity index (χ1v) is 13.4. The van der Waals surface area contributed by atoms with Crippen molar-refractivity contribution < 1.29 is 14.7 Å². The molecule has 3 aromatic rings. The highest BCUT2D eigenvalue weighted by Gasteiger charge is 2.35. The molecule has 188 valence electrons. The molecule has 0 aliphatic carbocycles. The molecule has 7 heteroatoms. The molecule has 1 amide bonds. The van der Waals surface area contributed by atoms with Gasteiger partial charge in [0.05, 0.1) is 11.0 Å². The first-order chi connectivity index (χ1) is 16.7. The fourth-order valence-electron chi connectivity index (χ4n) is 4.24. The minimum atomic E-state index is -0.860. The zero-order chi connectivity index (χ0) is 25.4. The number of aromatic nitrogens is 2. The lowest BCUT2D eigenvalue weighted by Gasteiger charge is -2.29. The second kappa shape index (κ2) is 12.2. The number of fused-ring (bicyclic) bond motifs is 1. The molecule has 0 fully saturated rings. The number of aliphatic carboxylic acids is 1. The van der Waals surface area contributed by atoms with Crippen molar-refractivity contribution >= 4 is 40.4 Å². The Kier molecular flexibility index (Phi) is 9.38. The van der Waals surface area contributed by atoms with Gasteiger partial charge < -0.3 is 14.6 Å². The number of carbonyl (C=O) groups excluding carboxylic acids is 1. The predicted molar refractivity (Wildman–Crippen MR) is 144 cm³/mol. The van der Waals surface area contributed by atoms with Gasteiger partial charge >= 0.3 is 5.97 Å². The standard InChI is InChI=1S/C28H37N3O3S/c1-5-6-19-30(21-14-8-7-9-15-21)24(32)18-12-13-20-35-27-29-22-16-10-11-17-23(22)31(27)25(26(33)34)28(2,3)4/h7-11,14-17,25H,5-6,12-13,18-20H2,1-4H3,(H,33,34). The van der Waals surface area contributed by atoms with Gasteiger partial charge in [-0.2, -0.15) is 0 Å². The van der Waals surface area contributed by atoms with Crippen molar-refractivity contribution in [1.29, 1.82) is 0 Å². The summed E-state index contributed by atoms with van der Waals surface area (Å²) in [5.74, 6) is 0.0645. The van der Waals surface area contributed by atoms with E-state index in [1.807, 2.05) is 84.8 Å². The zero-order valence-corrected chi connectivity index (χ0v) is 22.1. The maximum atomic E-state index is 13.0. The molecule has 1 aromatic heterocycles. The van der Waals surface area contributed by atoms with Crippen LogP contribution in [0.25, 0.3) is 11.0 Å². The van der Waals surface area contributed by atoms with E-state index >= 15 is 0 Å². The molecule has 0 aliphatic heterocycles. The third-order valence-electron chi connectivity index (χ3n) is 6.00. The summed E-state index contributed by atoms with van der Waals surface area (Å²) in [5.41, 5.74) is 2.11. The van der Waals surface area contributed by atoms with E-state index in [1.165, 1.54) is 0 Å². The normalized spacial score (nSPS) is 12.6. The summed E-state index contributed by atoms with van der Waals surface area (Å²) in [6.45, 7) is 8.70. The molecular formula is C28H37N3O3S. The molecular weight excluding hydrogens is 458 g/mol. The third kappa shape index (κ3) is 6.88. The second-order valence-corrected chi connectivity index (χ2v) is 11.0. The smallest absolute Gasteiger partial charge is 0.327 e.